The normalized spacial score (nSPS) is 22.8. The first kappa shape index (κ1) is 15.5. The van der Waals surface area contributed by atoms with E-state index in [2.05, 4.69) is 18.7 Å². The quantitative estimate of drug-likeness (QED) is 0.929. The minimum absolute atomic E-state index is 0.131. The largest absolute Gasteiger partial charge is 0.491 e. The summed E-state index contributed by atoms with van der Waals surface area (Å²) < 4.78 is 18.5. The van der Waals surface area contributed by atoms with Crippen molar-refractivity contribution in [1.29, 1.82) is 0 Å². The molecule has 1 aliphatic heterocycles. The molecule has 1 aliphatic rings. The van der Waals surface area contributed by atoms with Crippen LogP contribution in [0.4, 0.5) is 4.39 Å². The molecule has 0 spiro atoms. The smallest absolute Gasteiger partial charge is 0.138 e. The van der Waals surface area contributed by atoms with Crippen LogP contribution in [0.2, 0.25) is 5.02 Å². The van der Waals surface area contributed by atoms with Crippen LogP contribution in [0.25, 0.3) is 0 Å². The summed E-state index contributed by atoms with van der Waals surface area (Å²) in [6.45, 7) is 7.71. The molecule has 0 aromatic heterocycles. The number of piperidine rings is 1. The highest BCUT2D eigenvalue weighted by Gasteiger charge is 2.33. The fraction of sp³-hybridized carbons (Fsp3) is 0.600. The van der Waals surface area contributed by atoms with Gasteiger partial charge in [0.15, 0.2) is 0 Å². The molecule has 1 fully saturated rings. The monoisotopic (exact) mass is 300 g/mol. The molecule has 1 aromatic rings. The Hall–Kier alpha value is -0.840. The number of nitrogens with two attached hydrogens (primary N) is 1. The van der Waals surface area contributed by atoms with Crippen molar-refractivity contribution >= 4 is 11.6 Å². The number of benzene rings is 1. The van der Waals surface area contributed by atoms with Crippen LogP contribution in [0.5, 0.6) is 5.75 Å². The summed E-state index contributed by atoms with van der Waals surface area (Å²) in [7, 11) is 0. The molecule has 1 saturated heterocycles. The molecule has 1 aromatic carbocycles. The topological polar surface area (TPSA) is 38.5 Å². The lowest BCUT2D eigenvalue weighted by molar-refractivity contribution is 0.0831. The van der Waals surface area contributed by atoms with Crippen LogP contribution in [0.15, 0.2) is 18.2 Å². The van der Waals surface area contributed by atoms with E-state index < -0.39 is 0 Å². The fourth-order valence-electron chi connectivity index (χ4n) is 2.55. The Morgan fingerprint density at radius 3 is 2.90 bits per heavy atom. The second-order valence-electron chi connectivity index (χ2n) is 6.08. The zero-order chi connectivity index (χ0) is 14.8. The van der Waals surface area contributed by atoms with Crippen molar-refractivity contribution in [3.05, 3.63) is 29.0 Å². The van der Waals surface area contributed by atoms with Gasteiger partial charge in [-0.1, -0.05) is 25.4 Å². The Kier molecular flexibility index (Phi) is 4.89. The van der Waals surface area contributed by atoms with Crippen molar-refractivity contribution in [3.63, 3.8) is 0 Å². The molecule has 0 aliphatic carbocycles. The van der Waals surface area contributed by atoms with Gasteiger partial charge in [-0.15, -0.1) is 0 Å². The van der Waals surface area contributed by atoms with Crippen LogP contribution in [0.1, 0.15) is 20.3 Å². The van der Waals surface area contributed by atoms with Gasteiger partial charge in [-0.05, 0) is 36.6 Å². The number of nitrogens with zero attached hydrogens (tertiary/aromatic N) is 1. The maximum Gasteiger partial charge on any atom is 0.138 e. The average Bonchev–Trinajstić information content (AvgIpc) is 2.36. The molecule has 3 nitrogen and oxygen atoms in total. The third-order valence-electron chi connectivity index (χ3n) is 3.95. The Balaban J connectivity index is 1.81. The van der Waals surface area contributed by atoms with Crippen LogP contribution in [0, 0.1) is 11.2 Å². The molecule has 2 rings (SSSR count). The first-order valence-corrected chi connectivity index (χ1v) is 7.32. The van der Waals surface area contributed by atoms with E-state index in [1.54, 1.807) is 6.07 Å². The molecule has 0 saturated carbocycles. The predicted octanol–water partition coefficient (Wildman–Crippen LogP) is 2.92. The Labute approximate surface area is 124 Å². The van der Waals surface area contributed by atoms with E-state index in [0.717, 1.165) is 26.1 Å². The summed E-state index contributed by atoms with van der Waals surface area (Å²) in [4.78, 5) is 2.35. The minimum Gasteiger partial charge on any atom is -0.491 e. The number of hydrogen-bond donors (Lipinski definition) is 1. The van der Waals surface area contributed by atoms with Crippen molar-refractivity contribution in [2.45, 2.75) is 26.3 Å². The van der Waals surface area contributed by atoms with Gasteiger partial charge >= 0.3 is 0 Å². The second kappa shape index (κ2) is 6.29. The average molecular weight is 301 g/mol. The summed E-state index contributed by atoms with van der Waals surface area (Å²) in [6, 6.07) is 4.43. The lowest BCUT2D eigenvalue weighted by atomic mass is 9.80. The summed E-state index contributed by atoms with van der Waals surface area (Å²) in [6.07, 6.45) is 1.00. The highest BCUT2D eigenvalue weighted by molar-refractivity contribution is 6.32. The van der Waals surface area contributed by atoms with Gasteiger partial charge in [0.25, 0.3) is 0 Å². The first-order chi connectivity index (χ1) is 9.38. The zero-order valence-electron chi connectivity index (χ0n) is 12.0. The van der Waals surface area contributed by atoms with Gasteiger partial charge < -0.3 is 10.5 Å². The maximum atomic E-state index is 12.9. The summed E-state index contributed by atoms with van der Waals surface area (Å²) in [5, 5.41) is 0.311. The third-order valence-corrected chi connectivity index (χ3v) is 4.25. The standard InChI is InChI=1S/C15H22ClFN2O/c1-15(2)10-19(6-5-14(15)18)7-8-20-13-4-3-11(17)9-12(13)16/h3-4,9,14H,5-8,10,18H2,1-2H3. The molecule has 1 atom stereocenters. The Morgan fingerprint density at radius 1 is 1.50 bits per heavy atom. The number of rotatable bonds is 4. The molecule has 0 bridgehead atoms. The van der Waals surface area contributed by atoms with Crippen molar-refractivity contribution < 1.29 is 9.13 Å². The molecule has 112 valence electrons. The highest BCUT2D eigenvalue weighted by Crippen LogP contribution is 2.28. The fourth-order valence-corrected chi connectivity index (χ4v) is 2.77. The summed E-state index contributed by atoms with van der Waals surface area (Å²) >= 11 is 5.92. The lowest BCUT2D eigenvalue weighted by Crippen LogP contribution is -2.53. The van der Waals surface area contributed by atoms with Crippen LogP contribution in [-0.2, 0) is 0 Å². The molecule has 1 heterocycles. The van der Waals surface area contributed by atoms with Gasteiger partial charge in [-0.3, -0.25) is 4.90 Å². The van der Waals surface area contributed by atoms with Crippen molar-refractivity contribution in [2.24, 2.45) is 11.1 Å². The predicted molar refractivity (Wildman–Crippen MR) is 79.7 cm³/mol. The first-order valence-electron chi connectivity index (χ1n) is 6.94. The van der Waals surface area contributed by atoms with Crippen LogP contribution >= 0.6 is 11.6 Å². The van der Waals surface area contributed by atoms with E-state index in [1.165, 1.54) is 12.1 Å². The van der Waals surface area contributed by atoms with E-state index in [-0.39, 0.29) is 17.3 Å². The molecule has 0 amide bonds. The number of likely N-dealkylation sites (tertiary alicyclic amines) is 1. The highest BCUT2D eigenvalue weighted by atomic mass is 35.5. The molecular weight excluding hydrogens is 279 g/mol. The summed E-state index contributed by atoms with van der Waals surface area (Å²) in [5.74, 6) is 0.176. The SMILES string of the molecule is CC1(C)CN(CCOc2ccc(F)cc2Cl)CCC1N. The zero-order valence-corrected chi connectivity index (χ0v) is 12.8. The number of halogens is 2. The van der Waals surface area contributed by atoms with Crippen molar-refractivity contribution in [2.75, 3.05) is 26.2 Å². The van der Waals surface area contributed by atoms with Gasteiger partial charge in [0, 0.05) is 19.1 Å². The maximum absolute atomic E-state index is 12.9. The lowest BCUT2D eigenvalue weighted by Gasteiger charge is -2.42. The van der Waals surface area contributed by atoms with E-state index in [4.69, 9.17) is 22.1 Å². The van der Waals surface area contributed by atoms with Crippen LogP contribution < -0.4 is 10.5 Å². The minimum atomic E-state index is -0.353. The summed E-state index contributed by atoms with van der Waals surface area (Å²) in [5.41, 5.74) is 6.25. The van der Waals surface area contributed by atoms with Crippen LogP contribution in [0.3, 0.4) is 0 Å². The second-order valence-corrected chi connectivity index (χ2v) is 6.49. The molecule has 0 radical (unpaired) electrons. The van der Waals surface area contributed by atoms with Gasteiger partial charge in [-0.2, -0.15) is 0 Å². The van der Waals surface area contributed by atoms with Crippen molar-refractivity contribution in [3.8, 4) is 5.75 Å². The van der Waals surface area contributed by atoms with Gasteiger partial charge in [0.2, 0.25) is 0 Å². The van der Waals surface area contributed by atoms with Gasteiger partial charge in [0.1, 0.15) is 18.2 Å². The Morgan fingerprint density at radius 2 is 2.25 bits per heavy atom. The van der Waals surface area contributed by atoms with E-state index in [9.17, 15) is 4.39 Å². The van der Waals surface area contributed by atoms with Crippen molar-refractivity contribution in [1.82, 2.24) is 4.90 Å². The van der Waals surface area contributed by atoms with E-state index >= 15 is 0 Å². The molecule has 20 heavy (non-hydrogen) atoms. The molecular formula is C15H22ClFN2O. The Bertz CT molecular complexity index is 467. The van der Waals surface area contributed by atoms with Gasteiger partial charge in [-0.25, -0.2) is 4.39 Å². The molecule has 2 N–H and O–H groups in total. The van der Waals surface area contributed by atoms with Crippen LogP contribution in [-0.4, -0.2) is 37.2 Å². The van der Waals surface area contributed by atoms with Gasteiger partial charge in [0.05, 0.1) is 5.02 Å². The van der Waals surface area contributed by atoms with E-state index in [1.807, 2.05) is 0 Å². The number of ether oxygens (including phenoxy) is 1. The number of hydrogen-bond acceptors (Lipinski definition) is 3. The molecule has 1 unspecified atom stereocenters. The molecule has 5 heteroatoms. The van der Waals surface area contributed by atoms with E-state index in [0.29, 0.717) is 17.4 Å². The third kappa shape index (κ3) is 3.84.